The van der Waals surface area contributed by atoms with Gasteiger partial charge in [0.05, 0.1) is 12.1 Å². The molecule has 0 saturated carbocycles. The average molecular weight is 304 g/mol. The van der Waals surface area contributed by atoms with E-state index >= 15 is 0 Å². The van der Waals surface area contributed by atoms with E-state index < -0.39 is 5.97 Å². The van der Waals surface area contributed by atoms with Crippen LogP contribution in [0.5, 0.6) is 0 Å². The van der Waals surface area contributed by atoms with Gasteiger partial charge in [0.1, 0.15) is 5.01 Å². The lowest BCUT2D eigenvalue weighted by Crippen LogP contribution is -2.26. The molecular formula is C15H16N2O3S. The second-order valence-electron chi connectivity index (χ2n) is 4.94. The molecular weight excluding hydrogens is 288 g/mol. The highest BCUT2D eigenvalue weighted by atomic mass is 32.1. The van der Waals surface area contributed by atoms with E-state index in [4.69, 9.17) is 5.11 Å². The third-order valence-corrected chi connectivity index (χ3v) is 3.91. The summed E-state index contributed by atoms with van der Waals surface area (Å²) in [6.45, 7) is 4.09. The number of hydrogen-bond donors (Lipinski definition) is 1. The van der Waals surface area contributed by atoms with Crippen molar-refractivity contribution in [1.29, 1.82) is 0 Å². The van der Waals surface area contributed by atoms with E-state index in [9.17, 15) is 9.59 Å². The average Bonchev–Trinajstić information content (AvgIpc) is 2.82. The molecule has 1 aromatic heterocycles. The van der Waals surface area contributed by atoms with Gasteiger partial charge >= 0.3 is 5.97 Å². The Kier molecular flexibility index (Phi) is 4.37. The minimum Gasteiger partial charge on any atom is -0.478 e. The maximum atomic E-state index is 12.4. The number of rotatable bonds is 4. The number of nitrogens with zero attached hydrogens (tertiary/aromatic N) is 2. The zero-order valence-electron chi connectivity index (χ0n) is 12.1. The fraction of sp³-hybridized carbons (Fsp3) is 0.267. The fourth-order valence-corrected chi connectivity index (χ4v) is 2.82. The molecule has 0 saturated heterocycles. The zero-order chi connectivity index (χ0) is 15.6. The van der Waals surface area contributed by atoms with Gasteiger partial charge in [-0.3, -0.25) is 4.79 Å². The van der Waals surface area contributed by atoms with Crippen molar-refractivity contribution in [2.45, 2.75) is 20.4 Å². The number of carbonyl (C=O) groups is 2. The van der Waals surface area contributed by atoms with E-state index in [-0.39, 0.29) is 11.5 Å². The topological polar surface area (TPSA) is 70.5 Å². The van der Waals surface area contributed by atoms with Crippen molar-refractivity contribution in [1.82, 2.24) is 9.88 Å². The first kappa shape index (κ1) is 15.2. The van der Waals surface area contributed by atoms with Gasteiger partial charge in [-0.05, 0) is 37.6 Å². The second-order valence-corrected chi connectivity index (χ2v) is 5.88. The van der Waals surface area contributed by atoms with Crippen LogP contribution in [0.3, 0.4) is 0 Å². The predicted octanol–water partition coefficient (Wildman–Crippen LogP) is 2.73. The molecule has 1 N–H and O–H groups in total. The molecule has 0 aliphatic rings. The van der Waals surface area contributed by atoms with Crippen LogP contribution in [0.4, 0.5) is 0 Å². The second kappa shape index (κ2) is 6.05. The highest BCUT2D eigenvalue weighted by Gasteiger charge is 2.16. The highest BCUT2D eigenvalue weighted by molar-refractivity contribution is 7.09. The van der Waals surface area contributed by atoms with E-state index in [0.717, 1.165) is 16.3 Å². The van der Waals surface area contributed by atoms with Crippen LogP contribution < -0.4 is 0 Å². The van der Waals surface area contributed by atoms with Gasteiger partial charge in [0, 0.05) is 23.7 Å². The van der Waals surface area contributed by atoms with Crippen molar-refractivity contribution >= 4 is 23.2 Å². The molecule has 0 unspecified atom stereocenters. The van der Waals surface area contributed by atoms with Gasteiger partial charge in [-0.25, -0.2) is 9.78 Å². The summed E-state index contributed by atoms with van der Waals surface area (Å²) in [5, 5.41) is 11.8. The zero-order valence-corrected chi connectivity index (χ0v) is 12.9. The molecule has 5 nitrogen and oxygen atoms in total. The van der Waals surface area contributed by atoms with Crippen molar-refractivity contribution < 1.29 is 14.7 Å². The number of aromatic nitrogens is 1. The Hall–Kier alpha value is -2.21. The Balaban J connectivity index is 2.20. The maximum Gasteiger partial charge on any atom is 0.335 e. The molecule has 1 amide bonds. The lowest BCUT2D eigenvalue weighted by molar-refractivity contribution is 0.0696. The summed E-state index contributed by atoms with van der Waals surface area (Å²) in [7, 11) is 1.68. The van der Waals surface area contributed by atoms with Crippen LogP contribution in [0.1, 0.15) is 37.0 Å². The van der Waals surface area contributed by atoms with Crippen molar-refractivity contribution in [3.05, 3.63) is 51.0 Å². The number of aromatic carboxylic acids is 1. The Bertz CT molecular complexity index is 694. The molecule has 0 aliphatic heterocycles. The first-order valence-electron chi connectivity index (χ1n) is 6.38. The largest absolute Gasteiger partial charge is 0.478 e. The summed E-state index contributed by atoms with van der Waals surface area (Å²) in [5.74, 6) is -1.25. The highest BCUT2D eigenvalue weighted by Crippen LogP contribution is 2.15. The van der Waals surface area contributed by atoms with E-state index in [0.29, 0.717) is 12.1 Å². The standard InChI is InChI=1S/C15H16N2O3S/c1-9-4-11(6-12(5-9)15(19)20)14(18)17(3)7-13-16-10(2)8-21-13/h4-6,8H,7H2,1-3H3,(H,19,20). The number of amides is 1. The predicted molar refractivity (Wildman–Crippen MR) is 80.8 cm³/mol. The Morgan fingerprint density at radius 3 is 2.48 bits per heavy atom. The number of carboxylic acids is 1. The molecule has 0 aliphatic carbocycles. The number of aryl methyl sites for hydroxylation is 2. The molecule has 0 spiro atoms. The van der Waals surface area contributed by atoms with Gasteiger partial charge in [0.15, 0.2) is 0 Å². The van der Waals surface area contributed by atoms with E-state index in [1.54, 1.807) is 31.0 Å². The lowest BCUT2D eigenvalue weighted by Gasteiger charge is -2.16. The van der Waals surface area contributed by atoms with Crippen LogP contribution in [-0.2, 0) is 6.54 Å². The van der Waals surface area contributed by atoms with Crippen LogP contribution in [0, 0.1) is 13.8 Å². The van der Waals surface area contributed by atoms with E-state index in [1.165, 1.54) is 17.4 Å². The minimum atomic E-state index is -1.04. The number of benzene rings is 1. The Labute approximate surface area is 126 Å². The van der Waals surface area contributed by atoms with Gasteiger partial charge in [0.25, 0.3) is 5.91 Å². The quantitative estimate of drug-likeness (QED) is 0.943. The van der Waals surface area contributed by atoms with Gasteiger partial charge < -0.3 is 10.0 Å². The van der Waals surface area contributed by atoms with Crippen LogP contribution in [-0.4, -0.2) is 33.9 Å². The minimum absolute atomic E-state index is 0.122. The summed E-state index contributed by atoms with van der Waals surface area (Å²) in [6.07, 6.45) is 0. The monoisotopic (exact) mass is 304 g/mol. The molecule has 1 aromatic carbocycles. The number of carboxylic acid groups (broad SMARTS) is 1. The fourth-order valence-electron chi connectivity index (χ4n) is 2.00. The Morgan fingerprint density at radius 2 is 1.90 bits per heavy atom. The number of carbonyl (C=O) groups excluding carboxylic acids is 1. The SMILES string of the molecule is Cc1cc(C(=O)O)cc(C(=O)N(C)Cc2nc(C)cs2)c1. The van der Waals surface area contributed by atoms with E-state index in [1.807, 2.05) is 12.3 Å². The van der Waals surface area contributed by atoms with Crippen LogP contribution >= 0.6 is 11.3 Å². The van der Waals surface area contributed by atoms with Crippen molar-refractivity contribution in [2.75, 3.05) is 7.05 Å². The molecule has 0 fully saturated rings. The smallest absolute Gasteiger partial charge is 0.335 e. The first-order valence-corrected chi connectivity index (χ1v) is 7.26. The van der Waals surface area contributed by atoms with Crippen LogP contribution in [0.15, 0.2) is 23.6 Å². The molecule has 2 rings (SSSR count). The summed E-state index contributed by atoms with van der Waals surface area (Å²) in [6, 6.07) is 4.64. The van der Waals surface area contributed by atoms with Crippen molar-refractivity contribution in [3.63, 3.8) is 0 Å². The Morgan fingerprint density at radius 1 is 1.24 bits per heavy atom. The molecule has 0 radical (unpaired) electrons. The summed E-state index contributed by atoms with van der Waals surface area (Å²) >= 11 is 1.50. The van der Waals surface area contributed by atoms with Gasteiger partial charge in [-0.15, -0.1) is 11.3 Å². The van der Waals surface area contributed by atoms with Crippen LogP contribution in [0.2, 0.25) is 0 Å². The third kappa shape index (κ3) is 3.66. The molecule has 6 heteroatoms. The summed E-state index contributed by atoms with van der Waals surface area (Å²) < 4.78 is 0. The molecule has 110 valence electrons. The first-order chi connectivity index (χ1) is 9.86. The van der Waals surface area contributed by atoms with Crippen molar-refractivity contribution in [2.24, 2.45) is 0 Å². The normalized spacial score (nSPS) is 10.4. The summed E-state index contributed by atoms with van der Waals surface area (Å²) in [5.41, 5.74) is 2.18. The summed E-state index contributed by atoms with van der Waals surface area (Å²) in [4.78, 5) is 29.3. The molecule has 1 heterocycles. The number of thiazole rings is 1. The van der Waals surface area contributed by atoms with E-state index in [2.05, 4.69) is 4.98 Å². The van der Waals surface area contributed by atoms with Gasteiger partial charge in [-0.1, -0.05) is 0 Å². The van der Waals surface area contributed by atoms with Gasteiger partial charge in [-0.2, -0.15) is 0 Å². The number of hydrogen-bond acceptors (Lipinski definition) is 4. The molecule has 2 aromatic rings. The maximum absolute atomic E-state index is 12.4. The molecule has 21 heavy (non-hydrogen) atoms. The van der Waals surface area contributed by atoms with Crippen LogP contribution in [0.25, 0.3) is 0 Å². The molecule has 0 bridgehead atoms. The lowest BCUT2D eigenvalue weighted by atomic mass is 10.1. The van der Waals surface area contributed by atoms with Crippen molar-refractivity contribution in [3.8, 4) is 0 Å². The third-order valence-electron chi connectivity index (χ3n) is 2.96. The van der Waals surface area contributed by atoms with Gasteiger partial charge in [0.2, 0.25) is 0 Å². The molecule has 0 atom stereocenters.